The summed E-state index contributed by atoms with van der Waals surface area (Å²) in [5.41, 5.74) is 0. The van der Waals surface area contributed by atoms with Crippen LogP contribution in [0.15, 0.2) is 0 Å². The Labute approximate surface area is 63.9 Å². The minimum absolute atomic E-state index is 0. The molecule has 42 valence electrons. The molecule has 0 radical (unpaired) electrons. The van der Waals surface area contributed by atoms with Crippen molar-refractivity contribution < 1.29 is 53.5 Å². The fraction of sp³-hybridized carbons (Fsp3) is 0. The molecule has 0 aromatic heterocycles. The fourth-order valence-corrected chi connectivity index (χ4v) is 0. The fourth-order valence-electron chi connectivity index (χ4n) is 0. The second-order valence-electron chi connectivity index (χ2n) is 0.408. The average molecular weight is 220 g/mol. The van der Waals surface area contributed by atoms with Crippen molar-refractivity contribution in [2.24, 2.45) is 0 Å². The molecule has 0 aromatic rings. The molecule has 0 N–H and O–H groups in total. The largest absolute Gasteiger partial charge is 2.00 e. The van der Waals surface area contributed by atoms with Gasteiger partial charge in [0.1, 0.15) is 0 Å². The third-order valence-corrected chi connectivity index (χ3v) is 0. The van der Waals surface area contributed by atoms with Gasteiger partial charge in [-0.15, -0.1) is 0 Å². The van der Waals surface area contributed by atoms with E-state index >= 15 is 0 Å². The molecule has 7 heteroatoms. The van der Waals surface area contributed by atoms with Crippen LogP contribution < -0.4 is 0 Å². The van der Waals surface area contributed by atoms with Gasteiger partial charge in [-0.3, -0.25) is 8.42 Å². The second kappa shape index (κ2) is 5.13. The molecule has 4 nitrogen and oxygen atoms in total. The Morgan fingerprint density at radius 2 is 1.14 bits per heavy atom. The monoisotopic (exact) mass is 218 g/mol. The van der Waals surface area contributed by atoms with Crippen molar-refractivity contribution in [1.29, 1.82) is 0 Å². The van der Waals surface area contributed by atoms with Crippen LogP contribution in [0.25, 0.3) is 0 Å². The molecule has 0 bridgehead atoms. The molecule has 0 rings (SSSR count). The summed E-state index contributed by atoms with van der Waals surface area (Å²) < 4.78 is 34.1. The quantitative estimate of drug-likeness (QED) is 0.287. The molecule has 0 saturated carbocycles. The predicted octanol–water partition coefficient (Wildman–Crippen LogP) is -1.34. The van der Waals surface area contributed by atoms with E-state index in [1.54, 1.807) is 0 Å². The molecule has 0 aliphatic heterocycles. The average Bonchev–Trinajstić information content (AvgIpc) is 0.722. The van der Waals surface area contributed by atoms with Crippen molar-refractivity contribution in [3.8, 4) is 0 Å². The second-order valence-corrected chi connectivity index (χ2v) is 1.22. The Bertz CT molecular complexity index is 94.9. The first-order chi connectivity index (χ1) is 2.00. The standard InChI is InChI=1S/Ni.H2O4S.Zn/c;1-5(2,3)4;/h;(H2,1,2,3,4);/q;;+2/p-2. The van der Waals surface area contributed by atoms with Crippen LogP contribution in [0.5, 0.6) is 0 Å². The first-order valence-electron chi connectivity index (χ1n) is 0.667. The molecule has 0 atom stereocenters. The van der Waals surface area contributed by atoms with Gasteiger partial charge in [0.15, 0.2) is 0 Å². The Hall–Kier alpha value is 0.987. The van der Waals surface area contributed by atoms with Crippen LogP contribution in [0.3, 0.4) is 0 Å². The maximum Gasteiger partial charge on any atom is 2.00 e. The van der Waals surface area contributed by atoms with Crippen LogP contribution in [0.2, 0.25) is 0 Å². The summed E-state index contributed by atoms with van der Waals surface area (Å²) >= 11 is 0. The van der Waals surface area contributed by atoms with Crippen molar-refractivity contribution in [2.75, 3.05) is 0 Å². The Balaban J connectivity index is -0.0000000800. The summed E-state index contributed by atoms with van der Waals surface area (Å²) in [6.45, 7) is 0. The first kappa shape index (κ1) is 15.7. The summed E-state index contributed by atoms with van der Waals surface area (Å²) in [7, 11) is -5.17. The predicted molar refractivity (Wildman–Crippen MR) is 10.5 cm³/mol. The van der Waals surface area contributed by atoms with E-state index in [2.05, 4.69) is 0 Å². The van der Waals surface area contributed by atoms with Crippen LogP contribution in [-0.4, -0.2) is 17.5 Å². The van der Waals surface area contributed by atoms with Gasteiger partial charge in [-0.1, -0.05) is 0 Å². The van der Waals surface area contributed by atoms with E-state index in [1.165, 1.54) is 0 Å². The van der Waals surface area contributed by atoms with E-state index in [-0.39, 0.29) is 36.0 Å². The van der Waals surface area contributed by atoms with Gasteiger partial charge in [-0.25, -0.2) is 0 Å². The van der Waals surface area contributed by atoms with Gasteiger partial charge in [0.05, 0.1) is 0 Å². The first-order valence-corrected chi connectivity index (χ1v) is 2.00. The molecule has 7 heavy (non-hydrogen) atoms. The number of hydrogen-bond donors (Lipinski definition) is 0. The van der Waals surface area contributed by atoms with E-state index in [0.29, 0.717) is 0 Å². The molecule has 0 aliphatic carbocycles. The molecule has 0 aromatic carbocycles. The number of hydrogen-bond acceptors (Lipinski definition) is 4. The zero-order valence-corrected chi connectivity index (χ0v) is 7.84. The Morgan fingerprint density at radius 3 is 1.14 bits per heavy atom. The van der Waals surface area contributed by atoms with Crippen molar-refractivity contribution in [1.82, 2.24) is 0 Å². The molecule has 0 aliphatic rings. The third-order valence-electron chi connectivity index (χ3n) is 0. The van der Waals surface area contributed by atoms with Crippen LogP contribution in [0.1, 0.15) is 0 Å². The van der Waals surface area contributed by atoms with Crippen LogP contribution in [-0.2, 0) is 46.4 Å². The molecule has 0 spiro atoms. The molecular weight excluding hydrogens is 220 g/mol. The van der Waals surface area contributed by atoms with E-state index in [4.69, 9.17) is 17.5 Å². The van der Waals surface area contributed by atoms with Gasteiger partial charge >= 0.3 is 19.5 Å². The topological polar surface area (TPSA) is 80.3 Å². The van der Waals surface area contributed by atoms with Crippen LogP contribution in [0, 0.1) is 0 Å². The Kier molecular flexibility index (Phi) is 11.5. The molecule has 0 fully saturated rings. The van der Waals surface area contributed by atoms with E-state index in [1.807, 2.05) is 0 Å². The summed E-state index contributed by atoms with van der Waals surface area (Å²) in [5.74, 6) is 0. The van der Waals surface area contributed by atoms with Gasteiger partial charge in [0.25, 0.3) is 0 Å². The summed E-state index contributed by atoms with van der Waals surface area (Å²) in [4.78, 5) is 0. The Morgan fingerprint density at radius 1 is 1.14 bits per heavy atom. The third kappa shape index (κ3) is 178. The molecule has 0 heterocycles. The number of rotatable bonds is 0. The SMILES string of the molecule is O=S(=O)([O-])[O-].[Ni].[Zn+2]. The smallest absolute Gasteiger partial charge is 0.759 e. The van der Waals surface area contributed by atoms with Crippen molar-refractivity contribution >= 4 is 10.4 Å². The summed E-state index contributed by atoms with van der Waals surface area (Å²) in [5, 5.41) is 0. The van der Waals surface area contributed by atoms with Crippen LogP contribution in [0.4, 0.5) is 0 Å². The zero-order valence-electron chi connectivity index (χ0n) is 3.06. The normalized spacial score (nSPS) is 8.29. The maximum atomic E-state index is 8.52. The van der Waals surface area contributed by atoms with E-state index in [0.717, 1.165) is 0 Å². The minimum Gasteiger partial charge on any atom is -0.759 e. The zero-order chi connectivity index (χ0) is 4.50. The minimum atomic E-state index is -5.17. The van der Waals surface area contributed by atoms with Gasteiger partial charge in [0.2, 0.25) is 0 Å². The summed E-state index contributed by atoms with van der Waals surface area (Å²) in [6.07, 6.45) is 0. The van der Waals surface area contributed by atoms with Crippen molar-refractivity contribution in [3.63, 3.8) is 0 Å². The molecule has 0 saturated heterocycles. The van der Waals surface area contributed by atoms with E-state index < -0.39 is 10.4 Å². The molecule has 0 unspecified atom stereocenters. The van der Waals surface area contributed by atoms with Gasteiger partial charge < -0.3 is 9.11 Å². The van der Waals surface area contributed by atoms with Crippen LogP contribution >= 0.6 is 0 Å². The van der Waals surface area contributed by atoms with Gasteiger partial charge in [-0.05, 0) is 0 Å². The summed E-state index contributed by atoms with van der Waals surface area (Å²) in [6, 6.07) is 0. The molecule has 0 amide bonds. The van der Waals surface area contributed by atoms with Gasteiger partial charge in [0, 0.05) is 26.9 Å². The van der Waals surface area contributed by atoms with Crippen molar-refractivity contribution in [3.05, 3.63) is 0 Å². The van der Waals surface area contributed by atoms with Crippen molar-refractivity contribution in [2.45, 2.75) is 0 Å². The van der Waals surface area contributed by atoms with Gasteiger partial charge in [-0.2, -0.15) is 0 Å². The van der Waals surface area contributed by atoms with E-state index in [9.17, 15) is 0 Å². The molecular formula is NiO4SZn. The maximum absolute atomic E-state index is 8.52.